The van der Waals surface area contributed by atoms with Gasteiger partial charge in [-0.05, 0) is 54.4 Å². The first-order valence-electron chi connectivity index (χ1n) is 12.2. The van der Waals surface area contributed by atoms with E-state index in [4.69, 9.17) is 4.74 Å². The van der Waals surface area contributed by atoms with E-state index in [2.05, 4.69) is 0 Å². The van der Waals surface area contributed by atoms with E-state index in [0.717, 1.165) is 0 Å². The largest absolute Gasteiger partial charge is 0.487 e. The van der Waals surface area contributed by atoms with Crippen molar-refractivity contribution in [3.63, 3.8) is 0 Å². The number of hydrogen-bond donors (Lipinski definition) is 1. The summed E-state index contributed by atoms with van der Waals surface area (Å²) in [5, 5.41) is 9.81. The smallest absolute Gasteiger partial charge is 0.256 e. The number of rotatable bonds is 6. The zero-order valence-corrected chi connectivity index (χ0v) is 22.2. The highest BCUT2D eigenvalue weighted by atomic mass is 32.2. The maximum Gasteiger partial charge on any atom is 0.256 e. The number of aliphatic hydroxyl groups is 1. The number of halogens is 2. The van der Waals surface area contributed by atoms with Gasteiger partial charge in [0.2, 0.25) is 10.0 Å². The van der Waals surface area contributed by atoms with Crippen LogP contribution in [0.3, 0.4) is 0 Å². The fourth-order valence-electron chi connectivity index (χ4n) is 4.46. The topological polar surface area (TPSA) is 87.2 Å². The highest BCUT2D eigenvalue weighted by Crippen LogP contribution is 2.36. The van der Waals surface area contributed by atoms with Crippen LogP contribution in [0.4, 0.5) is 8.78 Å². The van der Waals surface area contributed by atoms with E-state index in [9.17, 15) is 27.1 Å². The lowest BCUT2D eigenvalue weighted by atomic mass is 10.0. The number of fused-ring (bicyclic) bond motifs is 1. The van der Waals surface area contributed by atoms with Crippen molar-refractivity contribution in [3.05, 3.63) is 83.9 Å². The van der Waals surface area contributed by atoms with Gasteiger partial charge in [0.15, 0.2) is 0 Å². The van der Waals surface area contributed by atoms with Crippen LogP contribution >= 0.6 is 0 Å². The summed E-state index contributed by atoms with van der Waals surface area (Å²) in [6.45, 7) is 3.12. The molecule has 4 rings (SSSR count). The molecule has 202 valence electrons. The van der Waals surface area contributed by atoms with E-state index < -0.39 is 45.6 Å². The molecule has 0 aromatic heterocycles. The van der Waals surface area contributed by atoms with Crippen molar-refractivity contribution in [2.24, 2.45) is 5.92 Å². The molecule has 1 heterocycles. The van der Waals surface area contributed by atoms with Gasteiger partial charge >= 0.3 is 0 Å². The fourth-order valence-corrected chi connectivity index (χ4v) is 6.28. The molecule has 0 saturated heterocycles. The third-order valence-corrected chi connectivity index (χ3v) is 8.77. The summed E-state index contributed by atoms with van der Waals surface area (Å²) in [4.78, 5) is 14.3. The van der Waals surface area contributed by atoms with Crippen LogP contribution in [0.25, 0.3) is 11.1 Å². The number of hydrogen-bond acceptors (Lipinski definition) is 5. The summed E-state index contributed by atoms with van der Waals surface area (Å²) >= 11 is 0. The van der Waals surface area contributed by atoms with E-state index in [0.29, 0.717) is 11.1 Å². The van der Waals surface area contributed by atoms with Gasteiger partial charge in [-0.2, -0.15) is 4.31 Å². The minimum atomic E-state index is -4.05. The molecule has 0 saturated carbocycles. The number of nitrogens with zero attached hydrogens (tertiary/aromatic N) is 2. The van der Waals surface area contributed by atoms with Crippen LogP contribution in [0.2, 0.25) is 0 Å². The Morgan fingerprint density at radius 1 is 1.11 bits per heavy atom. The average Bonchev–Trinajstić information content (AvgIpc) is 2.90. The zero-order chi connectivity index (χ0) is 27.6. The summed E-state index contributed by atoms with van der Waals surface area (Å²) in [5.41, 5.74) is 1.20. The van der Waals surface area contributed by atoms with Crippen LogP contribution in [-0.4, -0.2) is 67.5 Å². The molecule has 0 bridgehead atoms. The number of sulfonamides is 1. The molecular weight excluding hydrogens is 514 g/mol. The molecule has 38 heavy (non-hydrogen) atoms. The molecule has 0 spiro atoms. The van der Waals surface area contributed by atoms with Crippen molar-refractivity contribution in [1.82, 2.24) is 9.21 Å². The van der Waals surface area contributed by atoms with E-state index in [1.54, 1.807) is 44.2 Å². The van der Waals surface area contributed by atoms with Crippen LogP contribution in [-0.2, 0) is 10.0 Å². The zero-order valence-electron chi connectivity index (χ0n) is 21.3. The van der Waals surface area contributed by atoms with E-state index in [1.165, 1.54) is 52.7 Å². The summed E-state index contributed by atoms with van der Waals surface area (Å²) in [6.07, 6.45) is -0.665. The summed E-state index contributed by atoms with van der Waals surface area (Å²) in [7, 11) is -2.52. The Kier molecular flexibility index (Phi) is 8.15. The van der Waals surface area contributed by atoms with Crippen LogP contribution in [0.5, 0.6) is 5.75 Å². The fraction of sp³-hybridized carbons (Fsp3) is 0.321. The molecule has 0 radical (unpaired) electrons. The van der Waals surface area contributed by atoms with Gasteiger partial charge in [0.25, 0.3) is 5.91 Å². The van der Waals surface area contributed by atoms with E-state index in [-0.39, 0.29) is 35.9 Å². The first kappa shape index (κ1) is 27.7. The molecular formula is C28H30F2N2O5S. The van der Waals surface area contributed by atoms with Gasteiger partial charge in [-0.3, -0.25) is 4.79 Å². The normalized spacial score (nSPS) is 19.9. The van der Waals surface area contributed by atoms with E-state index >= 15 is 0 Å². The third kappa shape index (κ3) is 5.57. The number of amides is 1. The summed E-state index contributed by atoms with van der Waals surface area (Å²) in [5.74, 6) is -1.90. The minimum Gasteiger partial charge on any atom is -0.487 e. The summed E-state index contributed by atoms with van der Waals surface area (Å²) < 4.78 is 62.6. The first-order valence-corrected chi connectivity index (χ1v) is 13.7. The van der Waals surface area contributed by atoms with Crippen LogP contribution < -0.4 is 4.74 Å². The molecule has 3 atom stereocenters. The molecule has 0 aliphatic carbocycles. The van der Waals surface area contributed by atoms with Gasteiger partial charge in [0, 0.05) is 25.6 Å². The van der Waals surface area contributed by atoms with Crippen LogP contribution in [0, 0.1) is 17.6 Å². The van der Waals surface area contributed by atoms with Crippen LogP contribution in [0.1, 0.15) is 24.2 Å². The third-order valence-electron chi connectivity index (χ3n) is 6.75. The molecule has 3 aromatic carbocycles. The lowest BCUT2D eigenvalue weighted by Gasteiger charge is -2.37. The molecule has 10 heteroatoms. The second-order valence-electron chi connectivity index (χ2n) is 9.57. The standard InChI is InChI=1S/C28H30F2N2O5S/c1-18-15-32(19(2)17-33)38(35,36)27-13-10-21(20-8-11-22(29)12-9-20)14-25(27)37-26(18)16-31(3)28(34)23-6-4-5-7-24(23)30/h4-14,18-19,26,33H,15-17H2,1-3H3/t18-,19-,26-/m1/s1. The van der Waals surface area contributed by atoms with Crippen molar-refractivity contribution < 1.29 is 31.8 Å². The quantitative estimate of drug-likeness (QED) is 0.503. The molecule has 1 aliphatic rings. The van der Waals surface area contributed by atoms with Gasteiger partial charge in [-0.15, -0.1) is 0 Å². The summed E-state index contributed by atoms with van der Waals surface area (Å²) in [6, 6.07) is 15.4. The molecule has 1 aliphatic heterocycles. The van der Waals surface area contributed by atoms with Crippen molar-refractivity contribution in [3.8, 4) is 16.9 Å². The van der Waals surface area contributed by atoms with Crippen LogP contribution in [0.15, 0.2) is 71.6 Å². The molecule has 1 N–H and O–H groups in total. The maximum atomic E-state index is 14.3. The Labute approximate surface area is 221 Å². The number of carbonyl (C=O) groups excluding carboxylic acids is 1. The number of benzene rings is 3. The Bertz CT molecular complexity index is 1410. The molecule has 7 nitrogen and oxygen atoms in total. The number of carbonyl (C=O) groups is 1. The Morgan fingerprint density at radius 3 is 2.42 bits per heavy atom. The maximum absolute atomic E-state index is 14.3. The molecule has 0 unspecified atom stereocenters. The van der Waals surface area contributed by atoms with E-state index in [1.807, 2.05) is 0 Å². The van der Waals surface area contributed by atoms with Crippen molar-refractivity contribution in [2.45, 2.75) is 30.9 Å². The predicted octanol–water partition coefficient (Wildman–Crippen LogP) is 4.17. The minimum absolute atomic E-state index is 0.0373. The molecule has 3 aromatic rings. The second kappa shape index (κ2) is 11.2. The molecule has 0 fully saturated rings. The van der Waals surface area contributed by atoms with Crippen molar-refractivity contribution in [1.29, 1.82) is 0 Å². The first-order chi connectivity index (χ1) is 18.0. The number of likely N-dealkylation sites (N-methyl/N-ethyl adjacent to an activating group) is 1. The van der Waals surface area contributed by atoms with Gasteiger partial charge < -0.3 is 14.7 Å². The highest BCUT2D eigenvalue weighted by Gasteiger charge is 2.38. The van der Waals surface area contributed by atoms with Gasteiger partial charge in [-0.25, -0.2) is 17.2 Å². The SMILES string of the molecule is C[C@@H]1CN([C@H](C)CO)S(=O)(=O)c2ccc(-c3ccc(F)cc3)cc2O[C@@H]1CN(C)C(=O)c1ccccc1F. The average molecular weight is 545 g/mol. The number of aliphatic hydroxyl groups excluding tert-OH is 1. The monoisotopic (exact) mass is 544 g/mol. The van der Waals surface area contributed by atoms with Gasteiger partial charge in [0.05, 0.1) is 18.7 Å². The second-order valence-corrected chi connectivity index (χ2v) is 11.4. The van der Waals surface area contributed by atoms with Crippen molar-refractivity contribution >= 4 is 15.9 Å². The Morgan fingerprint density at radius 2 is 1.76 bits per heavy atom. The highest BCUT2D eigenvalue weighted by molar-refractivity contribution is 7.89. The van der Waals surface area contributed by atoms with Gasteiger partial charge in [-0.1, -0.05) is 37.3 Å². The lowest BCUT2D eigenvalue weighted by Crippen LogP contribution is -2.50. The lowest BCUT2D eigenvalue weighted by molar-refractivity contribution is 0.0560. The number of ether oxygens (including phenoxy) is 1. The Balaban J connectivity index is 1.75. The molecule has 1 amide bonds. The van der Waals surface area contributed by atoms with Crippen molar-refractivity contribution in [2.75, 3.05) is 26.7 Å². The predicted molar refractivity (Wildman–Crippen MR) is 139 cm³/mol. The Hall–Kier alpha value is -3.34. The van der Waals surface area contributed by atoms with Gasteiger partial charge in [0.1, 0.15) is 28.4 Å².